The van der Waals surface area contributed by atoms with Gasteiger partial charge in [-0.05, 0) is 24.5 Å². The molecule has 0 bridgehead atoms. The van der Waals surface area contributed by atoms with E-state index in [4.69, 9.17) is 21.9 Å². The topological polar surface area (TPSA) is 64.9 Å². The van der Waals surface area contributed by atoms with Crippen LogP contribution >= 0.6 is 11.6 Å². The Morgan fingerprint density at radius 3 is 2.74 bits per heavy atom. The monoisotopic (exact) mass is 277 g/mol. The quantitative estimate of drug-likeness (QED) is 0.936. The summed E-state index contributed by atoms with van der Waals surface area (Å²) in [5.74, 6) is 1.20. The van der Waals surface area contributed by atoms with Gasteiger partial charge in [-0.3, -0.25) is 0 Å². The van der Waals surface area contributed by atoms with Crippen LogP contribution < -0.4 is 5.73 Å². The maximum absolute atomic E-state index is 6.29. The van der Waals surface area contributed by atoms with Gasteiger partial charge in [-0.15, -0.1) is 0 Å². The third-order valence-electron chi connectivity index (χ3n) is 3.70. The van der Waals surface area contributed by atoms with Crippen LogP contribution in [0.3, 0.4) is 0 Å². The molecule has 0 saturated heterocycles. The molecule has 0 spiro atoms. The summed E-state index contributed by atoms with van der Waals surface area (Å²) in [6.45, 7) is 0. The van der Waals surface area contributed by atoms with Gasteiger partial charge in [-0.25, -0.2) is 0 Å². The molecule has 0 radical (unpaired) electrons. The highest BCUT2D eigenvalue weighted by Crippen LogP contribution is 2.35. The van der Waals surface area contributed by atoms with Crippen molar-refractivity contribution in [3.63, 3.8) is 0 Å². The molecular formula is C14H16ClN3O. The molecule has 0 atom stereocenters. The minimum atomic E-state index is -0.425. The standard InChI is InChI=1S/C14H16ClN3O/c15-11-6-2-1-5-10(11)9-12-17-13(19-18-12)14(16)7-3-4-8-14/h1-2,5-6H,3-4,7-9,16H2. The van der Waals surface area contributed by atoms with E-state index in [1.807, 2.05) is 24.3 Å². The summed E-state index contributed by atoms with van der Waals surface area (Å²) in [5, 5.41) is 4.74. The van der Waals surface area contributed by atoms with E-state index in [-0.39, 0.29) is 0 Å². The van der Waals surface area contributed by atoms with E-state index < -0.39 is 5.54 Å². The van der Waals surface area contributed by atoms with Crippen molar-refractivity contribution in [2.24, 2.45) is 5.73 Å². The number of benzene rings is 1. The van der Waals surface area contributed by atoms with Crippen LogP contribution in [0.25, 0.3) is 0 Å². The lowest BCUT2D eigenvalue weighted by molar-refractivity contribution is 0.284. The van der Waals surface area contributed by atoms with Gasteiger partial charge in [0.1, 0.15) is 0 Å². The summed E-state index contributed by atoms with van der Waals surface area (Å²) in [4.78, 5) is 4.44. The lowest BCUT2D eigenvalue weighted by atomic mass is 9.99. The van der Waals surface area contributed by atoms with Crippen molar-refractivity contribution in [2.75, 3.05) is 0 Å². The predicted molar refractivity (Wildman–Crippen MR) is 72.9 cm³/mol. The zero-order valence-corrected chi connectivity index (χ0v) is 11.4. The summed E-state index contributed by atoms with van der Waals surface area (Å²) in [7, 11) is 0. The summed E-state index contributed by atoms with van der Waals surface area (Å²) >= 11 is 6.12. The normalized spacial score (nSPS) is 17.8. The molecule has 0 unspecified atom stereocenters. The van der Waals surface area contributed by atoms with Crippen molar-refractivity contribution >= 4 is 11.6 Å². The smallest absolute Gasteiger partial charge is 0.246 e. The van der Waals surface area contributed by atoms with Crippen LogP contribution in [0.2, 0.25) is 5.02 Å². The van der Waals surface area contributed by atoms with Crippen molar-refractivity contribution in [3.8, 4) is 0 Å². The maximum Gasteiger partial charge on any atom is 0.246 e. The molecule has 2 N–H and O–H groups in total. The fraction of sp³-hybridized carbons (Fsp3) is 0.429. The first-order valence-electron chi connectivity index (χ1n) is 6.53. The van der Waals surface area contributed by atoms with Gasteiger partial charge in [-0.2, -0.15) is 4.98 Å². The van der Waals surface area contributed by atoms with Crippen LogP contribution in [-0.4, -0.2) is 10.1 Å². The van der Waals surface area contributed by atoms with Crippen molar-refractivity contribution in [1.29, 1.82) is 0 Å². The van der Waals surface area contributed by atoms with Gasteiger partial charge in [0.05, 0.1) is 5.54 Å². The zero-order valence-electron chi connectivity index (χ0n) is 10.6. The molecule has 1 fully saturated rings. The molecule has 1 aromatic heterocycles. The van der Waals surface area contributed by atoms with Gasteiger partial charge in [0.2, 0.25) is 5.89 Å². The molecule has 1 aliphatic carbocycles. The molecule has 3 rings (SSSR count). The molecule has 2 aromatic rings. The largest absolute Gasteiger partial charge is 0.337 e. The second kappa shape index (κ2) is 4.94. The third kappa shape index (κ3) is 2.51. The molecule has 100 valence electrons. The average Bonchev–Trinajstić information content (AvgIpc) is 3.02. The molecular weight excluding hydrogens is 262 g/mol. The number of nitrogens with zero attached hydrogens (tertiary/aromatic N) is 2. The number of nitrogens with two attached hydrogens (primary N) is 1. The summed E-state index contributed by atoms with van der Waals surface area (Å²) < 4.78 is 5.33. The van der Waals surface area contributed by atoms with Gasteiger partial charge in [0.15, 0.2) is 5.82 Å². The van der Waals surface area contributed by atoms with Crippen molar-refractivity contribution in [3.05, 3.63) is 46.6 Å². The Labute approximate surface area is 117 Å². The SMILES string of the molecule is NC1(c2nc(Cc3ccccc3Cl)no2)CCCC1. The van der Waals surface area contributed by atoms with Crippen LogP contribution in [-0.2, 0) is 12.0 Å². The van der Waals surface area contributed by atoms with E-state index in [9.17, 15) is 0 Å². The Morgan fingerprint density at radius 2 is 2.00 bits per heavy atom. The van der Waals surface area contributed by atoms with Crippen LogP contribution in [0.1, 0.15) is 43.0 Å². The zero-order chi connectivity index (χ0) is 13.3. The van der Waals surface area contributed by atoms with E-state index >= 15 is 0 Å². The van der Waals surface area contributed by atoms with Crippen molar-refractivity contribution in [2.45, 2.75) is 37.6 Å². The molecule has 1 saturated carbocycles. The Bertz CT molecular complexity index is 576. The van der Waals surface area contributed by atoms with Gasteiger partial charge in [0.25, 0.3) is 0 Å². The van der Waals surface area contributed by atoms with Gasteiger partial charge >= 0.3 is 0 Å². The second-order valence-corrected chi connectivity index (χ2v) is 5.55. The molecule has 0 aliphatic heterocycles. The molecule has 1 heterocycles. The van der Waals surface area contributed by atoms with E-state index in [2.05, 4.69) is 10.1 Å². The molecule has 19 heavy (non-hydrogen) atoms. The fourth-order valence-electron chi connectivity index (χ4n) is 2.56. The Kier molecular flexibility index (Phi) is 3.29. The minimum absolute atomic E-state index is 0.425. The van der Waals surface area contributed by atoms with Gasteiger partial charge in [0, 0.05) is 11.4 Å². The summed E-state index contributed by atoms with van der Waals surface area (Å²) in [6.07, 6.45) is 4.65. The highest BCUT2D eigenvalue weighted by Gasteiger charge is 2.36. The van der Waals surface area contributed by atoms with Crippen LogP contribution in [0, 0.1) is 0 Å². The molecule has 0 amide bonds. The van der Waals surface area contributed by atoms with Crippen LogP contribution in [0.5, 0.6) is 0 Å². The summed E-state index contributed by atoms with van der Waals surface area (Å²) in [6, 6.07) is 7.68. The average molecular weight is 278 g/mol. The Morgan fingerprint density at radius 1 is 1.26 bits per heavy atom. The highest BCUT2D eigenvalue weighted by molar-refractivity contribution is 6.31. The van der Waals surface area contributed by atoms with Crippen molar-refractivity contribution in [1.82, 2.24) is 10.1 Å². The fourth-order valence-corrected chi connectivity index (χ4v) is 2.76. The van der Waals surface area contributed by atoms with Crippen LogP contribution in [0.4, 0.5) is 0 Å². The molecule has 1 aliphatic rings. The molecule has 1 aromatic carbocycles. The van der Waals surface area contributed by atoms with Gasteiger partial charge < -0.3 is 10.3 Å². The number of hydrogen-bond donors (Lipinski definition) is 1. The third-order valence-corrected chi connectivity index (χ3v) is 4.06. The van der Waals surface area contributed by atoms with Crippen molar-refractivity contribution < 1.29 is 4.52 Å². The number of aromatic nitrogens is 2. The Balaban J connectivity index is 1.80. The lowest BCUT2D eigenvalue weighted by Crippen LogP contribution is -2.33. The Hall–Kier alpha value is -1.39. The first-order chi connectivity index (χ1) is 9.17. The van der Waals surface area contributed by atoms with Gasteiger partial charge in [-0.1, -0.05) is 47.8 Å². The molecule has 4 nitrogen and oxygen atoms in total. The lowest BCUT2D eigenvalue weighted by Gasteiger charge is -2.17. The number of halogens is 1. The second-order valence-electron chi connectivity index (χ2n) is 5.15. The van der Waals surface area contributed by atoms with E-state index in [1.165, 1.54) is 0 Å². The number of hydrogen-bond acceptors (Lipinski definition) is 4. The summed E-state index contributed by atoms with van der Waals surface area (Å²) in [5.41, 5.74) is 6.86. The van der Waals surface area contributed by atoms with Crippen LogP contribution in [0.15, 0.2) is 28.8 Å². The number of rotatable bonds is 3. The highest BCUT2D eigenvalue weighted by atomic mass is 35.5. The van der Waals surface area contributed by atoms with E-state index in [0.717, 1.165) is 36.3 Å². The predicted octanol–water partition coefficient (Wildman–Crippen LogP) is 3.04. The first kappa shape index (κ1) is 12.6. The maximum atomic E-state index is 6.29. The van der Waals surface area contributed by atoms with E-state index in [1.54, 1.807) is 0 Å². The first-order valence-corrected chi connectivity index (χ1v) is 6.90. The van der Waals surface area contributed by atoms with E-state index in [0.29, 0.717) is 18.1 Å². The minimum Gasteiger partial charge on any atom is -0.337 e. The molecule has 5 heteroatoms.